The van der Waals surface area contributed by atoms with Gasteiger partial charge in [0.05, 0.1) is 18.0 Å². The van der Waals surface area contributed by atoms with E-state index in [1.54, 1.807) is 4.90 Å². The number of nitrogens with zero attached hydrogens (tertiary/aromatic N) is 3. The Morgan fingerprint density at radius 2 is 1.76 bits per heavy atom. The number of ether oxygens (including phenoxy) is 1. The average Bonchev–Trinajstić information content (AvgIpc) is 2.88. The van der Waals surface area contributed by atoms with Crippen LogP contribution in [-0.4, -0.2) is 64.4 Å². The minimum atomic E-state index is -4.53. The molecule has 0 aliphatic carbocycles. The van der Waals surface area contributed by atoms with Gasteiger partial charge in [-0.2, -0.15) is 13.2 Å². The Kier molecular flexibility index (Phi) is 7.96. The van der Waals surface area contributed by atoms with Crippen molar-refractivity contribution in [3.8, 4) is 0 Å². The summed E-state index contributed by atoms with van der Waals surface area (Å²) in [5.74, 6) is -1.11. The van der Waals surface area contributed by atoms with Gasteiger partial charge >= 0.3 is 12.3 Å². The zero-order valence-electron chi connectivity index (χ0n) is 21.3. The first-order chi connectivity index (χ1) is 18.0. The molecule has 2 saturated heterocycles. The maximum atomic E-state index is 13.3. The molecule has 8 nitrogen and oxygen atoms in total. The Morgan fingerprint density at radius 3 is 2.39 bits per heavy atom. The number of aryl methyl sites for hydroxylation is 1. The van der Waals surface area contributed by atoms with E-state index < -0.39 is 36.0 Å². The summed E-state index contributed by atoms with van der Waals surface area (Å²) in [6.07, 6.45) is -5.68. The molecule has 0 aromatic heterocycles. The third-order valence-corrected chi connectivity index (χ3v) is 7.01. The maximum absolute atomic E-state index is 13.3. The first-order valence-corrected chi connectivity index (χ1v) is 12.5. The summed E-state index contributed by atoms with van der Waals surface area (Å²) in [6, 6.07) is 11.9. The molecular formula is C27H31F3N4O4. The fourth-order valence-corrected chi connectivity index (χ4v) is 5.11. The summed E-state index contributed by atoms with van der Waals surface area (Å²) in [7, 11) is 0. The van der Waals surface area contributed by atoms with Crippen LogP contribution in [0.15, 0.2) is 48.5 Å². The number of nitrogens with two attached hydrogens (primary N) is 1. The standard InChI is InChI=1S/C27H31F3N4O4/c1-3-20-14-33(26(37)38-16-19-9-17(2)10-21(11-19)27(28,29)30)23-15-32(13-18-7-5-4-6-8-18)25(36)22(12-31)34(23)24(20)35/h4-11,20,22-23H,3,12-16,31H2,1-2H3/t20-,22+,23-/m1/s1. The maximum Gasteiger partial charge on any atom is 0.416 e. The molecule has 2 aromatic carbocycles. The molecule has 2 heterocycles. The summed E-state index contributed by atoms with van der Waals surface area (Å²) in [4.78, 5) is 44.3. The van der Waals surface area contributed by atoms with Gasteiger partial charge < -0.3 is 20.3 Å². The molecule has 2 aliphatic rings. The van der Waals surface area contributed by atoms with Crippen LogP contribution in [0.3, 0.4) is 0 Å². The summed E-state index contributed by atoms with van der Waals surface area (Å²) < 4.78 is 45.2. The molecule has 2 aliphatic heterocycles. The van der Waals surface area contributed by atoms with E-state index in [0.717, 1.165) is 17.7 Å². The van der Waals surface area contributed by atoms with Crippen molar-refractivity contribution in [2.24, 2.45) is 11.7 Å². The molecule has 0 radical (unpaired) electrons. The molecule has 11 heteroatoms. The van der Waals surface area contributed by atoms with Gasteiger partial charge in [0.2, 0.25) is 11.8 Å². The summed E-state index contributed by atoms with van der Waals surface area (Å²) >= 11 is 0. The number of benzene rings is 2. The molecule has 3 amide bonds. The Labute approximate surface area is 219 Å². The van der Waals surface area contributed by atoms with Gasteiger partial charge in [0.1, 0.15) is 18.8 Å². The number of rotatable bonds is 6. The van der Waals surface area contributed by atoms with Crippen LogP contribution in [0.4, 0.5) is 18.0 Å². The fourth-order valence-electron chi connectivity index (χ4n) is 5.11. The van der Waals surface area contributed by atoms with Crippen LogP contribution in [0.5, 0.6) is 0 Å². The van der Waals surface area contributed by atoms with Crippen LogP contribution >= 0.6 is 0 Å². The van der Waals surface area contributed by atoms with Gasteiger partial charge in [0.25, 0.3) is 0 Å². The van der Waals surface area contributed by atoms with Crippen LogP contribution in [0.25, 0.3) is 0 Å². The Hall–Kier alpha value is -3.60. The van der Waals surface area contributed by atoms with Crippen molar-refractivity contribution in [2.75, 3.05) is 19.6 Å². The third kappa shape index (κ3) is 5.62. The number of amides is 3. The highest BCUT2D eigenvalue weighted by Gasteiger charge is 2.51. The topological polar surface area (TPSA) is 96.2 Å². The van der Waals surface area contributed by atoms with Crippen molar-refractivity contribution in [3.05, 3.63) is 70.8 Å². The van der Waals surface area contributed by atoms with E-state index in [-0.39, 0.29) is 50.2 Å². The van der Waals surface area contributed by atoms with Crippen molar-refractivity contribution in [1.82, 2.24) is 14.7 Å². The molecule has 2 N–H and O–H groups in total. The first-order valence-electron chi connectivity index (χ1n) is 12.5. The number of alkyl halides is 3. The van der Waals surface area contributed by atoms with Crippen molar-refractivity contribution >= 4 is 17.9 Å². The van der Waals surface area contributed by atoms with E-state index in [9.17, 15) is 27.6 Å². The molecule has 0 unspecified atom stereocenters. The smallest absolute Gasteiger partial charge is 0.416 e. The van der Waals surface area contributed by atoms with Gasteiger partial charge in [-0.25, -0.2) is 4.79 Å². The van der Waals surface area contributed by atoms with Gasteiger partial charge in [-0.15, -0.1) is 0 Å². The lowest BCUT2D eigenvalue weighted by Crippen LogP contribution is -2.74. The number of piperazine rings is 1. The lowest BCUT2D eigenvalue weighted by molar-refractivity contribution is -0.172. The monoisotopic (exact) mass is 532 g/mol. The lowest BCUT2D eigenvalue weighted by Gasteiger charge is -2.53. The summed E-state index contributed by atoms with van der Waals surface area (Å²) in [5.41, 5.74) is 6.61. The number of fused-ring (bicyclic) bond motifs is 1. The third-order valence-electron chi connectivity index (χ3n) is 7.01. The van der Waals surface area contributed by atoms with Crippen molar-refractivity contribution in [1.29, 1.82) is 0 Å². The average molecular weight is 533 g/mol. The molecule has 4 rings (SSSR count). The van der Waals surface area contributed by atoms with Crippen LogP contribution in [-0.2, 0) is 33.7 Å². The molecule has 0 saturated carbocycles. The van der Waals surface area contributed by atoms with E-state index >= 15 is 0 Å². The molecule has 0 spiro atoms. The van der Waals surface area contributed by atoms with Crippen molar-refractivity contribution < 1.29 is 32.3 Å². The van der Waals surface area contributed by atoms with E-state index in [4.69, 9.17) is 10.5 Å². The zero-order chi connectivity index (χ0) is 27.6. The number of hydrogen-bond acceptors (Lipinski definition) is 5. The number of hydrogen-bond donors (Lipinski definition) is 1. The van der Waals surface area contributed by atoms with Crippen molar-refractivity contribution in [3.63, 3.8) is 0 Å². The lowest BCUT2D eigenvalue weighted by atomic mass is 9.95. The Morgan fingerprint density at radius 1 is 1.05 bits per heavy atom. The second kappa shape index (κ2) is 11.0. The molecule has 0 bridgehead atoms. The molecule has 2 fully saturated rings. The predicted octanol–water partition coefficient (Wildman–Crippen LogP) is 3.52. The van der Waals surface area contributed by atoms with Gasteiger partial charge in [-0.3, -0.25) is 14.5 Å². The fraction of sp³-hybridized carbons (Fsp3) is 0.444. The van der Waals surface area contributed by atoms with Gasteiger partial charge in [-0.1, -0.05) is 48.9 Å². The Bertz CT molecular complexity index is 1190. The highest BCUT2D eigenvalue weighted by Crippen LogP contribution is 2.32. The SMILES string of the molecule is CC[C@@H]1CN(C(=O)OCc2cc(C)cc(C(F)(F)F)c2)[C@H]2CN(Cc3ccccc3)C(=O)[C@H](CN)N2C1=O. The molecule has 38 heavy (non-hydrogen) atoms. The van der Waals surface area contributed by atoms with Gasteiger partial charge in [0.15, 0.2) is 0 Å². The van der Waals surface area contributed by atoms with E-state index in [1.807, 2.05) is 37.3 Å². The van der Waals surface area contributed by atoms with Gasteiger partial charge in [-0.05, 0) is 36.6 Å². The van der Waals surface area contributed by atoms with Crippen molar-refractivity contribution in [2.45, 2.75) is 51.8 Å². The highest BCUT2D eigenvalue weighted by atomic mass is 19.4. The molecule has 204 valence electrons. The number of halogens is 3. The Balaban J connectivity index is 1.58. The highest BCUT2D eigenvalue weighted by molar-refractivity contribution is 5.91. The van der Waals surface area contributed by atoms with E-state index in [0.29, 0.717) is 12.0 Å². The zero-order valence-corrected chi connectivity index (χ0v) is 21.3. The van der Waals surface area contributed by atoms with Crippen LogP contribution < -0.4 is 5.73 Å². The van der Waals surface area contributed by atoms with Crippen LogP contribution in [0.1, 0.15) is 35.6 Å². The number of carbonyl (C=O) groups excluding carboxylic acids is 3. The molecule has 2 aromatic rings. The van der Waals surface area contributed by atoms with Crippen LogP contribution in [0.2, 0.25) is 0 Å². The van der Waals surface area contributed by atoms with E-state index in [1.165, 1.54) is 22.8 Å². The predicted molar refractivity (Wildman–Crippen MR) is 132 cm³/mol. The second-order valence-electron chi connectivity index (χ2n) is 9.70. The molecule has 3 atom stereocenters. The molecular weight excluding hydrogens is 501 g/mol. The quantitative estimate of drug-likeness (QED) is 0.614. The summed E-state index contributed by atoms with van der Waals surface area (Å²) in [6.45, 7) is 3.26. The van der Waals surface area contributed by atoms with Crippen LogP contribution in [0, 0.1) is 12.8 Å². The summed E-state index contributed by atoms with van der Waals surface area (Å²) in [5, 5.41) is 0. The second-order valence-corrected chi connectivity index (χ2v) is 9.70. The number of carbonyl (C=O) groups is 3. The minimum Gasteiger partial charge on any atom is -0.444 e. The van der Waals surface area contributed by atoms with Gasteiger partial charge in [0, 0.05) is 19.6 Å². The van der Waals surface area contributed by atoms with E-state index in [2.05, 4.69) is 0 Å². The normalized spacial score (nSPS) is 21.9. The first kappa shape index (κ1) is 27.4. The minimum absolute atomic E-state index is 0.0597. The largest absolute Gasteiger partial charge is 0.444 e.